The topological polar surface area (TPSA) is 76.4 Å². The Morgan fingerprint density at radius 2 is 2.03 bits per heavy atom. The van der Waals surface area contributed by atoms with E-state index in [2.05, 4.69) is 67.3 Å². The Labute approximate surface area is 215 Å². The highest BCUT2D eigenvalue weighted by atomic mass is 127. The second-order valence-corrected chi connectivity index (χ2v) is 9.43. The van der Waals surface area contributed by atoms with Gasteiger partial charge in [0.1, 0.15) is 5.82 Å². The normalized spacial score (nSPS) is 23.1. The van der Waals surface area contributed by atoms with E-state index in [4.69, 9.17) is 19.8 Å². The molecule has 182 valence electrons. The molecule has 1 saturated heterocycles. The minimum absolute atomic E-state index is 0. The van der Waals surface area contributed by atoms with Crippen LogP contribution in [0.25, 0.3) is 0 Å². The SMILES string of the molecule is CCNC(=NCC1CCCOC1c1ccc(C)cc1)NC1CCc2nc(C(C)C)nn2C1.I. The quantitative estimate of drug-likeness (QED) is 0.309. The second-order valence-electron chi connectivity index (χ2n) is 9.43. The fourth-order valence-corrected chi connectivity index (χ4v) is 4.57. The first-order chi connectivity index (χ1) is 15.5. The van der Waals surface area contributed by atoms with E-state index < -0.39 is 0 Å². The largest absolute Gasteiger partial charge is 0.373 e. The molecule has 2 aromatic rings. The van der Waals surface area contributed by atoms with Crippen LogP contribution in [0.5, 0.6) is 0 Å². The molecule has 7 nitrogen and oxygen atoms in total. The van der Waals surface area contributed by atoms with Gasteiger partial charge < -0.3 is 15.4 Å². The molecule has 0 radical (unpaired) electrons. The van der Waals surface area contributed by atoms with Crippen LogP contribution in [-0.2, 0) is 17.7 Å². The monoisotopic (exact) mass is 566 g/mol. The molecular formula is C25H39IN6O. The van der Waals surface area contributed by atoms with Gasteiger partial charge in [0.05, 0.1) is 12.6 Å². The Hall–Kier alpha value is -1.68. The Morgan fingerprint density at radius 3 is 2.76 bits per heavy atom. The zero-order chi connectivity index (χ0) is 22.5. The van der Waals surface area contributed by atoms with Crippen LogP contribution in [0.3, 0.4) is 0 Å². The van der Waals surface area contributed by atoms with Crippen LogP contribution >= 0.6 is 24.0 Å². The third kappa shape index (κ3) is 6.68. The van der Waals surface area contributed by atoms with Crippen molar-refractivity contribution in [2.24, 2.45) is 10.9 Å². The molecule has 2 aliphatic rings. The molecule has 4 rings (SSSR count). The molecule has 1 fully saturated rings. The number of aliphatic imine (C=N–C) groups is 1. The molecule has 1 aromatic heterocycles. The van der Waals surface area contributed by atoms with Crippen LogP contribution < -0.4 is 10.6 Å². The third-order valence-corrected chi connectivity index (χ3v) is 6.41. The summed E-state index contributed by atoms with van der Waals surface area (Å²) in [6.45, 7) is 11.8. The highest BCUT2D eigenvalue weighted by Crippen LogP contribution is 2.34. The maximum atomic E-state index is 6.19. The number of fused-ring (bicyclic) bond motifs is 1. The predicted octanol–water partition coefficient (Wildman–Crippen LogP) is 4.37. The predicted molar refractivity (Wildman–Crippen MR) is 143 cm³/mol. The van der Waals surface area contributed by atoms with Gasteiger partial charge in [0, 0.05) is 44.0 Å². The van der Waals surface area contributed by atoms with Crippen LogP contribution in [0.1, 0.15) is 74.8 Å². The standard InChI is InChI=1S/C25H38N6O.HI/c1-5-26-25(28-21-12-13-22-29-24(17(2)3)30-31(22)16-21)27-15-20-7-6-14-32-23(20)19-10-8-18(4)9-11-19;/h8-11,17,20-21,23H,5-7,12-16H2,1-4H3,(H2,26,27,28);1H. The number of rotatable bonds is 6. The lowest BCUT2D eigenvalue weighted by Gasteiger charge is -2.31. The van der Waals surface area contributed by atoms with E-state index in [1.165, 1.54) is 11.1 Å². The molecule has 3 atom stereocenters. The van der Waals surface area contributed by atoms with Crippen molar-refractivity contribution in [2.75, 3.05) is 19.7 Å². The minimum Gasteiger partial charge on any atom is -0.373 e. The Morgan fingerprint density at radius 1 is 1.24 bits per heavy atom. The molecule has 0 saturated carbocycles. The number of hydrogen-bond acceptors (Lipinski definition) is 4. The Kier molecular flexibility index (Phi) is 9.55. The van der Waals surface area contributed by atoms with Crippen molar-refractivity contribution in [3.8, 4) is 0 Å². The lowest BCUT2D eigenvalue weighted by atomic mass is 9.89. The van der Waals surface area contributed by atoms with E-state index in [9.17, 15) is 0 Å². The third-order valence-electron chi connectivity index (χ3n) is 6.41. The number of aryl methyl sites for hydroxylation is 2. The average Bonchev–Trinajstić information content (AvgIpc) is 3.22. The van der Waals surface area contributed by atoms with Crippen molar-refractivity contribution < 1.29 is 4.74 Å². The molecule has 1 aromatic carbocycles. The zero-order valence-corrected chi connectivity index (χ0v) is 22.7. The van der Waals surface area contributed by atoms with Gasteiger partial charge in [-0.1, -0.05) is 43.7 Å². The summed E-state index contributed by atoms with van der Waals surface area (Å²) in [5.74, 6) is 3.69. The molecule has 0 bridgehead atoms. The number of guanidine groups is 1. The molecule has 2 N–H and O–H groups in total. The Balaban J connectivity index is 0.00000306. The van der Waals surface area contributed by atoms with E-state index in [-0.39, 0.29) is 30.1 Å². The van der Waals surface area contributed by atoms with Gasteiger partial charge in [0.15, 0.2) is 11.8 Å². The number of aromatic nitrogens is 3. The highest BCUT2D eigenvalue weighted by Gasteiger charge is 2.28. The average molecular weight is 567 g/mol. The lowest BCUT2D eigenvalue weighted by Crippen LogP contribution is -2.47. The number of benzene rings is 1. The smallest absolute Gasteiger partial charge is 0.191 e. The molecule has 3 heterocycles. The van der Waals surface area contributed by atoms with E-state index in [1.54, 1.807) is 0 Å². The van der Waals surface area contributed by atoms with Crippen LogP contribution in [0.4, 0.5) is 0 Å². The van der Waals surface area contributed by atoms with Gasteiger partial charge in [-0.25, -0.2) is 9.67 Å². The van der Waals surface area contributed by atoms with Gasteiger partial charge in [-0.3, -0.25) is 4.99 Å². The zero-order valence-electron chi connectivity index (χ0n) is 20.4. The summed E-state index contributed by atoms with van der Waals surface area (Å²) in [5.41, 5.74) is 2.54. The summed E-state index contributed by atoms with van der Waals surface area (Å²) in [4.78, 5) is 9.69. The summed E-state index contributed by atoms with van der Waals surface area (Å²) in [6.07, 6.45) is 4.35. The first-order valence-corrected chi connectivity index (χ1v) is 12.2. The second kappa shape index (κ2) is 12.1. The summed E-state index contributed by atoms with van der Waals surface area (Å²) in [5, 5.41) is 11.8. The van der Waals surface area contributed by atoms with Gasteiger partial charge >= 0.3 is 0 Å². The fourth-order valence-electron chi connectivity index (χ4n) is 4.57. The van der Waals surface area contributed by atoms with Crippen molar-refractivity contribution in [2.45, 2.75) is 78.0 Å². The van der Waals surface area contributed by atoms with E-state index in [1.807, 2.05) is 0 Å². The molecule has 0 amide bonds. The van der Waals surface area contributed by atoms with Gasteiger partial charge in [0.2, 0.25) is 0 Å². The summed E-state index contributed by atoms with van der Waals surface area (Å²) in [7, 11) is 0. The van der Waals surface area contributed by atoms with E-state index >= 15 is 0 Å². The first kappa shape index (κ1) is 25.9. The Bertz CT molecular complexity index is 910. The van der Waals surface area contributed by atoms with Crippen molar-refractivity contribution in [3.63, 3.8) is 0 Å². The maximum Gasteiger partial charge on any atom is 0.191 e. The number of nitrogens with zero attached hydrogens (tertiary/aromatic N) is 4. The maximum absolute atomic E-state index is 6.19. The molecule has 0 spiro atoms. The van der Waals surface area contributed by atoms with Crippen LogP contribution in [0, 0.1) is 12.8 Å². The first-order valence-electron chi connectivity index (χ1n) is 12.2. The van der Waals surface area contributed by atoms with Crippen molar-refractivity contribution in [1.29, 1.82) is 0 Å². The van der Waals surface area contributed by atoms with Crippen molar-refractivity contribution in [1.82, 2.24) is 25.4 Å². The lowest BCUT2D eigenvalue weighted by molar-refractivity contribution is -0.0250. The summed E-state index contributed by atoms with van der Waals surface area (Å²) in [6, 6.07) is 9.05. The van der Waals surface area contributed by atoms with Gasteiger partial charge in [-0.05, 0) is 38.7 Å². The molecule has 2 aliphatic heterocycles. The highest BCUT2D eigenvalue weighted by molar-refractivity contribution is 14.0. The van der Waals surface area contributed by atoms with Gasteiger partial charge in [-0.2, -0.15) is 5.10 Å². The van der Waals surface area contributed by atoms with E-state index in [0.717, 1.165) is 69.5 Å². The van der Waals surface area contributed by atoms with Crippen LogP contribution in [0.2, 0.25) is 0 Å². The summed E-state index contributed by atoms with van der Waals surface area (Å²) < 4.78 is 8.26. The van der Waals surface area contributed by atoms with Crippen molar-refractivity contribution in [3.05, 3.63) is 47.0 Å². The summed E-state index contributed by atoms with van der Waals surface area (Å²) >= 11 is 0. The number of halogens is 1. The molecule has 0 aliphatic carbocycles. The molecular weight excluding hydrogens is 527 g/mol. The van der Waals surface area contributed by atoms with Crippen LogP contribution in [0.15, 0.2) is 29.3 Å². The fraction of sp³-hybridized carbons (Fsp3) is 0.640. The van der Waals surface area contributed by atoms with E-state index in [0.29, 0.717) is 17.9 Å². The number of ether oxygens (including phenoxy) is 1. The van der Waals surface area contributed by atoms with Gasteiger partial charge in [0.25, 0.3) is 0 Å². The van der Waals surface area contributed by atoms with Gasteiger partial charge in [-0.15, -0.1) is 24.0 Å². The number of hydrogen-bond donors (Lipinski definition) is 2. The van der Waals surface area contributed by atoms with Crippen LogP contribution in [-0.4, -0.2) is 46.5 Å². The molecule has 3 unspecified atom stereocenters. The minimum atomic E-state index is 0. The molecule has 33 heavy (non-hydrogen) atoms. The molecule has 8 heteroatoms. The van der Waals surface area contributed by atoms with Crippen molar-refractivity contribution >= 4 is 29.9 Å². The number of nitrogens with one attached hydrogen (secondary N) is 2.